The van der Waals surface area contributed by atoms with Crippen LogP contribution in [-0.4, -0.2) is 23.4 Å². The zero-order valence-corrected chi connectivity index (χ0v) is 12.4. The number of hydrazine groups is 1. The summed E-state index contributed by atoms with van der Waals surface area (Å²) in [5.74, 6) is -0.207. The molecule has 0 aliphatic carbocycles. The van der Waals surface area contributed by atoms with Crippen LogP contribution in [-0.2, 0) is 4.79 Å². The standard InChI is InChI=1S/C16H17N3O3/c1-11-4-3-5-14(12(11)2)22-10-15(20)18-19-16(21)13-6-8-17-9-7-13/h3-9H,10H2,1-2H3,(H,18,20)(H,19,21). The van der Waals surface area contributed by atoms with E-state index in [4.69, 9.17) is 4.74 Å². The third kappa shape index (κ3) is 4.05. The topological polar surface area (TPSA) is 80.3 Å². The first-order valence-electron chi connectivity index (χ1n) is 6.76. The molecule has 0 bridgehead atoms. The van der Waals surface area contributed by atoms with Crippen molar-refractivity contribution in [1.29, 1.82) is 0 Å². The summed E-state index contributed by atoms with van der Waals surface area (Å²) >= 11 is 0. The summed E-state index contributed by atoms with van der Waals surface area (Å²) in [6.45, 7) is 3.71. The largest absolute Gasteiger partial charge is 0.483 e. The molecule has 0 aliphatic rings. The molecule has 22 heavy (non-hydrogen) atoms. The molecule has 2 aromatic rings. The molecule has 0 spiro atoms. The Morgan fingerprint density at radius 1 is 1.09 bits per heavy atom. The second kappa shape index (κ2) is 7.21. The van der Waals surface area contributed by atoms with Gasteiger partial charge in [0.2, 0.25) is 0 Å². The van der Waals surface area contributed by atoms with E-state index in [0.29, 0.717) is 11.3 Å². The SMILES string of the molecule is Cc1cccc(OCC(=O)NNC(=O)c2ccncc2)c1C. The van der Waals surface area contributed by atoms with Crippen molar-refractivity contribution >= 4 is 11.8 Å². The van der Waals surface area contributed by atoms with E-state index in [-0.39, 0.29) is 6.61 Å². The number of carbonyl (C=O) groups is 2. The Kier molecular flexibility index (Phi) is 5.08. The molecule has 0 aliphatic heterocycles. The van der Waals surface area contributed by atoms with Crippen LogP contribution in [0.15, 0.2) is 42.7 Å². The van der Waals surface area contributed by atoms with Crippen LogP contribution < -0.4 is 15.6 Å². The van der Waals surface area contributed by atoms with Crippen molar-refractivity contribution in [2.45, 2.75) is 13.8 Å². The minimum Gasteiger partial charge on any atom is -0.483 e. The molecule has 0 fully saturated rings. The zero-order valence-electron chi connectivity index (χ0n) is 12.4. The quantitative estimate of drug-likeness (QED) is 0.839. The van der Waals surface area contributed by atoms with Crippen LogP contribution in [0.4, 0.5) is 0 Å². The normalized spacial score (nSPS) is 9.91. The van der Waals surface area contributed by atoms with E-state index < -0.39 is 11.8 Å². The van der Waals surface area contributed by atoms with Crippen LogP contribution in [0, 0.1) is 13.8 Å². The summed E-state index contributed by atoms with van der Waals surface area (Å²) in [6, 6.07) is 8.73. The number of benzene rings is 1. The summed E-state index contributed by atoms with van der Waals surface area (Å²) in [6.07, 6.45) is 3.00. The molecule has 0 saturated carbocycles. The van der Waals surface area contributed by atoms with Gasteiger partial charge in [-0.25, -0.2) is 0 Å². The van der Waals surface area contributed by atoms with E-state index >= 15 is 0 Å². The predicted molar refractivity (Wildman–Crippen MR) is 81.3 cm³/mol. The molecule has 1 aromatic heterocycles. The summed E-state index contributed by atoms with van der Waals surface area (Å²) in [5, 5.41) is 0. The highest BCUT2D eigenvalue weighted by Gasteiger charge is 2.08. The zero-order chi connectivity index (χ0) is 15.9. The first-order chi connectivity index (χ1) is 10.6. The number of aromatic nitrogens is 1. The number of hydrogen-bond acceptors (Lipinski definition) is 4. The monoisotopic (exact) mass is 299 g/mol. The smallest absolute Gasteiger partial charge is 0.276 e. The first kappa shape index (κ1) is 15.5. The van der Waals surface area contributed by atoms with E-state index in [1.54, 1.807) is 18.2 Å². The van der Waals surface area contributed by atoms with Gasteiger partial charge >= 0.3 is 0 Å². The van der Waals surface area contributed by atoms with Crippen molar-refractivity contribution in [1.82, 2.24) is 15.8 Å². The summed E-state index contributed by atoms with van der Waals surface area (Å²) in [7, 11) is 0. The molecule has 2 rings (SSSR count). The highest BCUT2D eigenvalue weighted by atomic mass is 16.5. The minimum absolute atomic E-state index is 0.180. The number of pyridine rings is 1. The Labute approximate surface area is 128 Å². The van der Waals surface area contributed by atoms with E-state index in [1.807, 2.05) is 26.0 Å². The van der Waals surface area contributed by atoms with Gasteiger partial charge in [0.15, 0.2) is 6.61 Å². The summed E-state index contributed by atoms with van der Waals surface area (Å²) < 4.78 is 5.44. The molecule has 114 valence electrons. The highest BCUT2D eigenvalue weighted by Crippen LogP contribution is 2.20. The molecule has 2 amide bonds. The number of hydrogen-bond donors (Lipinski definition) is 2. The lowest BCUT2D eigenvalue weighted by Crippen LogP contribution is -2.43. The van der Waals surface area contributed by atoms with Crippen molar-refractivity contribution in [3.63, 3.8) is 0 Å². The van der Waals surface area contributed by atoms with Gasteiger partial charge in [-0.2, -0.15) is 0 Å². The predicted octanol–water partition coefficient (Wildman–Crippen LogP) is 1.54. The third-order valence-electron chi connectivity index (χ3n) is 3.17. The molecule has 0 atom stereocenters. The molecule has 1 aromatic carbocycles. The minimum atomic E-state index is -0.441. The Hall–Kier alpha value is -2.89. The molecular weight excluding hydrogens is 282 g/mol. The molecule has 2 N–H and O–H groups in total. The van der Waals surface area contributed by atoms with Gasteiger partial charge in [-0.3, -0.25) is 25.4 Å². The molecule has 6 heteroatoms. The van der Waals surface area contributed by atoms with Gasteiger partial charge in [0.1, 0.15) is 5.75 Å². The van der Waals surface area contributed by atoms with Crippen molar-refractivity contribution in [3.05, 3.63) is 59.4 Å². The second-order valence-electron chi connectivity index (χ2n) is 4.72. The fourth-order valence-corrected chi connectivity index (χ4v) is 1.76. The Morgan fingerprint density at radius 2 is 1.82 bits per heavy atom. The van der Waals surface area contributed by atoms with Crippen molar-refractivity contribution in [2.75, 3.05) is 6.61 Å². The second-order valence-corrected chi connectivity index (χ2v) is 4.72. The van der Waals surface area contributed by atoms with Gasteiger partial charge in [0.05, 0.1) is 0 Å². The lowest BCUT2D eigenvalue weighted by Gasteiger charge is -2.11. The van der Waals surface area contributed by atoms with Gasteiger partial charge in [-0.1, -0.05) is 12.1 Å². The molecule has 0 radical (unpaired) electrons. The molecular formula is C16H17N3O3. The Morgan fingerprint density at radius 3 is 2.55 bits per heavy atom. The number of ether oxygens (including phenoxy) is 1. The number of rotatable bonds is 4. The highest BCUT2D eigenvalue weighted by molar-refractivity contribution is 5.95. The number of nitrogens with one attached hydrogen (secondary N) is 2. The van der Waals surface area contributed by atoms with E-state index in [2.05, 4.69) is 15.8 Å². The molecule has 0 saturated heterocycles. The lowest BCUT2D eigenvalue weighted by atomic mass is 10.1. The van der Waals surface area contributed by atoms with Crippen molar-refractivity contribution < 1.29 is 14.3 Å². The number of amides is 2. The average Bonchev–Trinajstić information content (AvgIpc) is 2.54. The van der Waals surface area contributed by atoms with Gasteiger partial charge in [-0.05, 0) is 43.2 Å². The Bertz CT molecular complexity index is 672. The maximum Gasteiger partial charge on any atom is 0.276 e. The molecule has 1 heterocycles. The summed E-state index contributed by atoms with van der Waals surface area (Å²) in [5.41, 5.74) is 7.09. The fraction of sp³-hybridized carbons (Fsp3) is 0.188. The average molecular weight is 299 g/mol. The van der Waals surface area contributed by atoms with E-state index in [9.17, 15) is 9.59 Å². The molecule has 6 nitrogen and oxygen atoms in total. The van der Waals surface area contributed by atoms with Crippen molar-refractivity contribution in [2.24, 2.45) is 0 Å². The summed E-state index contributed by atoms with van der Waals surface area (Å²) in [4.78, 5) is 27.2. The lowest BCUT2D eigenvalue weighted by molar-refractivity contribution is -0.123. The van der Waals surface area contributed by atoms with E-state index in [0.717, 1.165) is 11.1 Å². The van der Waals surface area contributed by atoms with Crippen LogP contribution >= 0.6 is 0 Å². The number of carbonyl (C=O) groups excluding carboxylic acids is 2. The van der Waals surface area contributed by atoms with Crippen LogP contribution in [0.2, 0.25) is 0 Å². The van der Waals surface area contributed by atoms with Crippen LogP contribution in [0.5, 0.6) is 5.75 Å². The van der Waals surface area contributed by atoms with Gasteiger partial charge in [0.25, 0.3) is 11.8 Å². The van der Waals surface area contributed by atoms with Crippen LogP contribution in [0.25, 0.3) is 0 Å². The van der Waals surface area contributed by atoms with Crippen molar-refractivity contribution in [3.8, 4) is 5.75 Å². The van der Waals surface area contributed by atoms with Gasteiger partial charge < -0.3 is 4.74 Å². The number of aryl methyl sites for hydroxylation is 1. The maximum atomic E-state index is 11.7. The van der Waals surface area contributed by atoms with Gasteiger partial charge in [0, 0.05) is 18.0 Å². The first-order valence-corrected chi connectivity index (χ1v) is 6.76. The van der Waals surface area contributed by atoms with E-state index in [1.165, 1.54) is 12.4 Å². The van der Waals surface area contributed by atoms with Crippen LogP contribution in [0.1, 0.15) is 21.5 Å². The third-order valence-corrected chi connectivity index (χ3v) is 3.17. The fourth-order valence-electron chi connectivity index (χ4n) is 1.76. The number of nitrogens with zero attached hydrogens (tertiary/aromatic N) is 1. The van der Waals surface area contributed by atoms with Crippen LogP contribution in [0.3, 0.4) is 0 Å². The van der Waals surface area contributed by atoms with Gasteiger partial charge in [-0.15, -0.1) is 0 Å². The molecule has 0 unspecified atom stereocenters. The maximum absolute atomic E-state index is 11.7. The Balaban J connectivity index is 1.81.